The Morgan fingerprint density at radius 3 is 2.57 bits per heavy atom. The normalized spacial score (nSPS) is 11.8. The lowest BCUT2D eigenvalue weighted by molar-refractivity contribution is 0.156. The molecule has 21 heavy (non-hydrogen) atoms. The Kier molecular flexibility index (Phi) is 6.74. The van der Waals surface area contributed by atoms with Gasteiger partial charge in [0.15, 0.2) is 5.75 Å². The molecule has 1 aromatic rings. The van der Waals surface area contributed by atoms with Gasteiger partial charge in [0, 0.05) is 11.8 Å². The summed E-state index contributed by atoms with van der Waals surface area (Å²) in [6, 6.07) is 0. The number of hydrogen-bond acceptors (Lipinski definition) is 6. The number of aliphatic hydroxyl groups is 1. The Morgan fingerprint density at radius 1 is 1.33 bits per heavy atom. The van der Waals surface area contributed by atoms with Gasteiger partial charge in [0.05, 0.1) is 20.3 Å². The Morgan fingerprint density at radius 2 is 2.05 bits per heavy atom. The highest BCUT2D eigenvalue weighted by Crippen LogP contribution is 2.41. The van der Waals surface area contributed by atoms with Crippen molar-refractivity contribution >= 4 is 6.09 Å². The second-order valence-corrected chi connectivity index (χ2v) is 4.52. The molecule has 0 aromatic carbocycles. The standard InChI is InChI=1S/C14H22N2O5/c1-4-5-6-7-10(17)9-8-16-13(20-3)12(19-2)11(9)21-14(15)18/h8,10,17H,4-7H2,1-3H3,(H2,15,18). The molecule has 0 spiro atoms. The molecule has 0 saturated heterocycles. The number of ether oxygens (including phenoxy) is 3. The maximum atomic E-state index is 11.1. The van der Waals surface area contributed by atoms with Crippen molar-refractivity contribution in [3.63, 3.8) is 0 Å². The van der Waals surface area contributed by atoms with E-state index in [-0.39, 0.29) is 17.4 Å². The Hall–Kier alpha value is -2.02. The third kappa shape index (κ3) is 4.49. The van der Waals surface area contributed by atoms with Gasteiger partial charge in [-0.05, 0) is 6.42 Å². The summed E-state index contributed by atoms with van der Waals surface area (Å²) in [7, 11) is 2.80. The Balaban J connectivity index is 3.14. The van der Waals surface area contributed by atoms with E-state index in [1.165, 1.54) is 20.4 Å². The van der Waals surface area contributed by atoms with E-state index in [2.05, 4.69) is 11.9 Å². The number of nitrogens with two attached hydrogens (primary N) is 1. The number of nitrogens with zero attached hydrogens (tertiary/aromatic N) is 1. The predicted molar refractivity (Wildman–Crippen MR) is 76.7 cm³/mol. The largest absolute Gasteiger partial charge is 0.489 e. The molecule has 0 bridgehead atoms. The first kappa shape index (κ1) is 17.0. The number of aromatic nitrogens is 1. The number of hydrogen-bond donors (Lipinski definition) is 2. The summed E-state index contributed by atoms with van der Waals surface area (Å²) in [5, 5.41) is 10.3. The average molecular weight is 298 g/mol. The van der Waals surface area contributed by atoms with E-state index in [9.17, 15) is 9.90 Å². The number of pyridine rings is 1. The van der Waals surface area contributed by atoms with Crippen molar-refractivity contribution in [1.29, 1.82) is 0 Å². The zero-order valence-electron chi connectivity index (χ0n) is 12.6. The molecule has 0 aliphatic heterocycles. The fourth-order valence-electron chi connectivity index (χ4n) is 1.99. The average Bonchev–Trinajstić information content (AvgIpc) is 2.46. The van der Waals surface area contributed by atoms with Gasteiger partial charge in [0.2, 0.25) is 5.75 Å². The van der Waals surface area contributed by atoms with Gasteiger partial charge >= 0.3 is 6.09 Å². The van der Waals surface area contributed by atoms with Gasteiger partial charge in [-0.25, -0.2) is 9.78 Å². The van der Waals surface area contributed by atoms with Crippen LogP contribution in [-0.4, -0.2) is 30.4 Å². The van der Waals surface area contributed by atoms with E-state index in [4.69, 9.17) is 19.9 Å². The van der Waals surface area contributed by atoms with Crippen molar-refractivity contribution in [1.82, 2.24) is 4.98 Å². The van der Waals surface area contributed by atoms with E-state index >= 15 is 0 Å². The zero-order chi connectivity index (χ0) is 15.8. The second-order valence-electron chi connectivity index (χ2n) is 4.52. The van der Waals surface area contributed by atoms with Gasteiger partial charge in [-0.3, -0.25) is 0 Å². The monoisotopic (exact) mass is 298 g/mol. The molecule has 1 atom stereocenters. The molecule has 7 nitrogen and oxygen atoms in total. The minimum atomic E-state index is -0.997. The molecule has 7 heteroatoms. The molecular formula is C14H22N2O5. The van der Waals surface area contributed by atoms with Crippen LogP contribution in [0.4, 0.5) is 4.79 Å². The summed E-state index contributed by atoms with van der Waals surface area (Å²) in [6.07, 6.45) is 3.01. The molecule has 1 unspecified atom stereocenters. The zero-order valence-corrected chi connectivity index (χ0v) is 12.6. The van der Waals surface area contributed by atoms with Crippen molar-refractivity contribution in [2.45, 2.75) is 38.7 Å². The van der Waals surface area contributed by atoms with Gasteiger partial charge < -0.3 is 25.1 Å². The van der Waals surface area contributed by atoms with Gasteiger partial charge in [-0.1, -0.05) is 26.2 Å². The molecule has 0 aliphatic rings. The summed E-state index contributed by atoms with van der Waals surface area (Å²) in [6.45, 7) is 2.08. The molecular weight excluding hydrogens is 276 g/mol. The van der Waals surface area contributed by atoms with Crippen LogP contribution in [0.3, 0.4) is 0 Å². The minimum absolute atomic E-state index is 0.0425. The highest BCUT2D eigenvalue weighted by molar-refractivity contribution is 5.71. The highest BCUT2D eigenvalue weighted by Gasteiger charge is 2.24. The second kappa shape index (κ2) is 8.31. The van der Waals surface area contributed by atoms with Crippen molar-refractivity contribution in [2.75, 3.05) is 14.2 Å². The molecule has 0 aliphatic carbocycles. The molecule has 0 fully saturated rings. The first-order valence-electron chi connectivity index (χ1n) is 6.81. The lowest BCUT2D eigenvalue weighted by atomic mass is 10.0. The number of primary amides is 1. The fraction of sp³-hybridized carbons (Fsp3) is 0.571. The molecule has 0 saturated carbocycles. The lowest BCUT2D eigenvalue weighted by Gasteiger charge is -2.18. The van der Waals surface area contributed by atoms with Crippen molar-refractivity contribution < 1.29 is 24.1 Å². The van der Waals surface area contributed by atoms with Crippen LogP contribution in [0.1, 0.15) is 44.3 Å². The van der Waals surface area contributed by atoms with E-state index < -0.39 is 12.2 Å². The molecule has 3 N–H and O–H groups in total. The van der Waals surface area contributed by atoms with Crippen LogP contribution in [0.2, 0.25) is 0 Å². The van der Waals surface area contributed by atoms with Crippen LogP contribution >= 0.6 is 0 Å². The van der Waals surface area contributed by atoms with Crippen molar-refractivity contribution in [3.05, 3.63) is 11.8 Å². The van der Waals surface area contributed by atoms with Crippen molar-refractivity contribution in [2.24, 2.45) is 5.73 Å². The maximum Gasteiger partial charge on any atom is 0.410 e. The van der Waals surface area contributed by atoms with Crippen LogP contribution in [0.5, 0.6) is 17.4 Å². The highest BCUT2D eigenvalue weighted by atomic mass is 16.6. The molecule has 1 rings (SSSR count). The summed E-state index contributed by atoms with van der Waals surface area (Å²) < 4.78 is 15.2. The van der Waals surface area contributed by atoms with Crippen LogP contribution in [-0.2, 0) is 0 Å². The molecule has 0 radical (unpaired) electrons. The van der Waals surface area contributed by atoms with Gasteiger partial charge in [-0.2, -0.15) is 0 Å². The van der Waals surface area contributed by atoms with Crippen LogP contribution in [0, 0.1) is 0 Å². The van der Waals surface area contributed by atoms with E-state index in [0.29, 0.717) is 12.0 Å². The van der Waals surface area contributed by atoms with Gasteiger partial charge in [-0.15, -0.1) is 0 Å². The number of amides is 1. The maximum absolute atomic E-state index is 11.1. The quantitative estimate of drug-likeness (QED) is 0.713. The summed E-state index contributed by atoms with van der Waals surface area (Å²) in [4.78, 5) is 15.1. The SMILES string of the molecule is CCCCCC(O)c1cnc(OC)c(OC)c1OC(N)=O. The van der Waals surface area contributed by atoms with Crippen molar-refractivity contribution in [3.8, 4) is 17.4 Å². The minimum Gasteiger partial charge on any atom is -0.489 e. The smallest absolute Gasteiger partial charge is 0.410 e. The van der Waals surface area contributed by atoms with Gasteiger partial charge in [0.25, 0.3) is 5.88 Å². The summed E-state index contributed by atoms with van der Waals surface area (Å²) in [5.74, 6) is 0.322. The Bertz CT molecular complexity index is 479. The van der Waals surface area contributed by atoms with Crippen LogP contribution in [0.25, 0.3) is 0 Å². The fourth-order valence-corrected chi connectivity index (χ4v) is 1.99. The lowest BCUT2D eigenvalue weighted by Crippen LogP contribution is -2.19. The third-order valence-corrected chi connectivity index (χ3v) is 3.02. The molecule has 118 valence electrons. The Labute approximate surface area is 124 Å². The molecule has 1 aromatic heterocycles. The van der Waals surface area contributed by atoms with E-state index in [1.807, 2.05) is 0 Å². The summed E-state index contributed by atoms with van der Waals surface area (Å²) >= 11 is 0. The van der Waals surface area contributed by atoms with E-state index in [1.54, 1.807) is 0 Å². The number of carbonyl (C=O) groups excluding carboxylic acids is 1. The summed E-state index contributed by atoms with van der Waals surface area (Å²) in [5.41, 5.74) is 5.42. The number of unbranched alkanes of at least 4 members (excludes halogenated alkanes) is 2. The topological polar surface area (TPSA) is 104 Å². The number of rotatable bonds is 8. The number of aliphatic hydroxyl groups excluding tert-OH is 1. The van der Waals surface area contributed by atoms with Crippen LogP contribution < -0.4 is 19.9 Å². The third-order valence-electron chi connectivity index (χ3n) is 3.02. The molecule has 1 heterocycles. The van der Waals surface area contributed by atoms with E-state index in [0.717, 1.165) is 19.3 Å². The predicted octanol–water partition coefficient (Wildman–Crippen LogP) is 2.17. The first-order valence-corrected chi connectivity index (χ1v) is 6.81. The number of methoxy groups -OCH3 is 2. The number of carbonyl (C=O) groups is 1. The van der Waals surface area contributed by atoms with Gasteiger partial charge in [0.1, 0.15) is 0 Å². The first-order chi connectivity index (χ1) is 10.0. The molecule has 1 amide bonds. The van der Waals surface area contributed by atoms with Crippen LogP contribution in [0.15, 0.2) is 6.20 Å².